The number of nitriles is 1. The van der Waals surface area contributed by atoms with Crippen molar-refractivity contribution in [2.75, 3.05) is 0 Å². The van der Waals surface area contributed by atoms with E-state index in [1.165, 1.54) is 5.56 Å². The molecule has 0 aliphatic carbocycles. The molecule has 70 valence electrons. The Morgan fingerprint density at radius 2 is 2.00 bits per heavy atom. The Morgan fingerprint density at radius 1 is 1.38 bits per heavy atom. The summed E-state index contributed by atoms with van der Waals surface area (Å²) in [6, 6.07) is 7.96. The Kier molecular flexibility index (Phi) is 6.26. The van der Waals surface area contributed by atoms with Crippen LogP contribution >= 0.6 is 15.9 Å². The summed E-state index contributed by atoms with van der Waals surface area (Å²) in [5, 5.41) is 8.66. The van der Waals surface area contributed by atoms with Crippen LogP contribution in [0.1, 0.15) is 31.9 Å². The first-order valence-corrected chi connectivity index (χ1v) is 5.25. The van der Waals surface area contributed by atoms with Crippen molar-refractivity contribution < 1.29 is 0 Å². The van der Waals surface area contributed by atoms with Gasteiger partial charge in [0.05, 0.1) is 5.56 Å². The van der Waals surface area contributed by atoms with Gasteiger partial charge in [0.2, 0.25) is 0 Å². The fourth-order valence-electron chi connectivity index (χ4n) is 0.878. The number of hydrogen-bond donors (Lipinski definition) is 0. The third-order valence-corrected chi connectivity index (χ3v) is 2.25. The maximum absolute atomic E-state index is 8.66. The smallest absolute Gasteiger partial charge is 0.100 e. The molecule has 1 aromatic carbocycles. The van der Waals surface area contributed by atoms with Gasteiger partial charge in [0.25, 0.3) is 0 Å². The van der Waals surface area contributed by atoms with Crippen molar-refractivity contribution >= 4 is 15.9 Å². The summed E-state index contributed by atoms with van der Waals surface area (Å²) in [4.78, 5) is 0. The summed E-state index contributed by atoms with van der Waals surface area (Å²) in [6.07, 6.45) is 0.974. The second kappa shape index (κ2) is 6.68. The van der Waals surface area contributed by atoms with Gasteiger partial charge in [-0.15, -0.1) is 0 Å². The first-order valence-electron chi connectivity index (χ1n) is 4.46. The Morgan fingerprint density at radius 3 is 2.46 bits per heavy atom. The van der Waals surface area contributed by atoms with E-state index in [0.29, 0.717) is 5.56 Å². The first kappa shape index (κ1) is 12.2. The maximum Gasteiger partial charge on any atom is 0.100 e. The molecule has 0 aliphatic heterocycles. The molecule has 0 saturated carbocycles. The second-order valence-electron chi connectivity index (χ2n) is 2.28. The van der Waals surface area contributed by atoms with Gasteiger partial charge in [-0.05, 0) is 40.0 Å². The minimum Gasteiger partial charge on any atom is -0.192 e. The van der Waals surface area contributed by atoms with Gasteiger partial charge in [-0.2, -0.15) is 5.26 Å². The van der Waals surface area contributed by atoms with E-state index >= 15 is 0 Å². The van der Waals surface area contributed by atoms with Gasteiger partial charge in [-0.3, -0.25) is 0 Å². The summed E-state index contributed by atoms with van der Waals surface area (Å²) in [7, 11) is 0. The quantitative estimate of drug-likeness (QED) is 0.730. The Balaban J connectivity index is 0.000000671. The highest BCUT2D eigenvalue weighted by Gasteiger charge is 1.97. The van der Waals surface area contributed by atoms with E-state index in [1.807, 2.05) is 32.0 Å². The number of benzene rings is 1. The number of nitrogens with zero attached hydrogens (tertiary/aromatic N) is 1. The van der Waals surface area contributed by atoms with E-state index in [9.17, 15) is 0 Å². The summed E-state index contributed by atoms with van der Waals surface area (Å²) in [5.41, 5.74) is 1.91. The fraction of sp³-hybridized carbons (Fsp3) is 0.364. The lowest BCUT2D eigenvalue weighted by atomic mass is 10.1. The third kappa shape index (κ3) is 3.61. The zero-order valence-electron chi connectivity index (χ0n) is 8.26. The summed E-state index contributed by atoms with van der Waals surface area (Å²) < 4.78 is 0.872. The maximum atomic E-state index is 8.66. The van der Waals surface area contributed by atoms with Gasteiger partial charge >= 0.3 is 0 Å². The highest BCUT2D eigenvalue weighted by Crippen LogP contribution is 2.17. The fourth-order valence-corrected chi connectivity index (χ4v) is 1.21. The van der Waals surface area contributed by atoms with Crippen molar-refractivity contribution in [2.45, 2.75) is 27.2 Å². The van der Waals surface area contributed by atoms with Gasteiger partial charge < -0.3 is 0 Å². The second-order valence-corrected chi connectivity index (χ2v) is 3.13. The van der Waals surface area contributed by atoms with Crippen LogP contribution in [0.15, 0.2) is 22.7 Å². The monoisotopic (exact) mass is 239 g/mol. The van der Waals surface area contributed by atoms with Crippen molar-refractivity contribution in [3.05, 3.63) is 33.8 Å². The van der Waals surface area contributed by atoms with Crippen LogP contribution in [0.2, 0.25) is 0 Å². The van der Waals surface area contributed by atoms with Gasteiger partial charge in [0.1, 0.15) is 6.07 Å². The zero-order chi connectivity index (χ0) is 10.3. The largest absolute Gasteiger partial charge is 0.192 e. The third-order valence-electron chi connectivity index (χ3n) is 1.56. The molecule has 0 fully saturated rings. The molecule has 0 atom stereocenters. The van der Waals surface area contributed by atoms with Crippen LogP contribution in [0.25, 0.3) is 0 Å². The zero-order valence-corrected chi connectivity index (χ0v) is 9.85. The van der Waals surface area contributed by atoms with E-state index in [4.69, 9.17) is 5.26 Å². The van der Waals surface area contributed by atoms with Crippen LogP contribution in [0.3, 0.4) is 0 Å². The van der Waals surface area contributed by atoms with Crippen LogP contribution < -0.4 is 0 Å². The molecule has 0 aliphatic rings. The highest BCUT2D eigenvalue weighted by molar-refractivity contribution is 9.10. The van der Waals surface area contributed by atoms with Crippen molar-refractivity contribution in [3.63, 3.8) is 0 Å². The van der Waals surface area contributed by atoms with Crippen LogP contribution in [-0.2, 0) is 6.42 Å². The lowest BCUT2D eigenvalue weighted by Gasteiger charge is -1.97. The average molecular weight is 240 g/mol. The topological polar surface area (TPSA) is 23.8 Å². The SMILES string of the molecule is CC.CCc1ccc(Br)c(C#N)c1. The molecule has 0 bridgehead atoms. The molecule has 0 spiro atoms. The lowest BCUT2D eigenvalue weighted by molar-refractivity contribution is 1.13. The van der Waals surface area contributed by atoms with Crippen LogP contribution in [0.5, 0.6) is 0 Å². The molecular formula is C11H14BrN. The molecule has 0 radical (unpaired) electrons. The molecule has 1 nitrogen and oxygen atoms in total. The van der Waals surface area contributed by atoms with E-state index < -0.39 is 0 Å². The van der Waals surface area contributed by atoms with Crippen molar-refractivity contribution in [1.82, 2.24) is 0 Å². The minimum absolute atomic E-state index is 0.712. The van der Waals surface area contributed by atoms with E-state index in [-0.39, 0.29) is 0 Å². The van der Waals surface area contributed by atoms with Gasteiger partial charge in [0, 0.05) is 4.47 Å². The molecule has 0 amide bonds. The van der Waals surface area contributed by atoms with E-state index in [2.05, 4.69) is 28.9 Å². The standard InChI is InChI=1S/C9H8BrN.C2H6/c1-2-7-3-4-9(10)8(5-7)6-11;1-2/h3-5H,2H2,1H3;1-2H3. The molecule has 0 heterocycles. The summed E-state index contributed by atoms with van der Waals surface area (Å²) in [5.74, 6) is 0. The molecule has 0 aromatic heterocycles. The van der Waals surface area contributed by atoms with Crippen molar-refractivity contribution in [1.29, 1.82) is 5.26 Å². The Bertz CT molecular complexity index is 299. The number of halogens is 1. The molecule has 1 aromatic rings. The van der Waals surface area contributed by atoms with E-state index in [0.717, 1.165) is 10.9 Å². The number of hydrogen-bond acceptors (Lipinski definition) is 1. The number of aryl methyl sites for hydroxylation is 1. The normalized spacial score (nSPS) is 8.23. The molecule has 1 rings (SSSR count). The molecule has 0 saturated heterocycles. The van der Waals surface area contributed by atoms with Crippen molar-refractivity contribution in [2.24, 2.45) is 0 Å². The lowest BCUT2D eigenvalue weighted by Crippen LogP contribution is -1.82. The average Bonchev–Trinajstić information content (AvgIpc) is 2.22. The van der Waals surface area contributed by atoms with E-state index in [1.54, 1.807) is 0 Å². The molecule has 0 N–H and O–H groups in total. The van der Waals surface area contributed by atoms with Gasteiger partial charge in [-0.1, -0.05) is 26.8 Å². The molecular weight excluding hydrogens is 226 g/mol. The van der Waals surface area contributed by atoms with Gasteiger partial charge in [-0.25, -0.2) is 0 Å². The first-order chi connectivity index (χ1) is 6.27. The van der Waals surface area contributed by atoms with Crippen molar-refractivity contribution in [3.8, 4) is 6.07 Å². The predicted octanol–water partition coefficient (Wildman–Crippen LogP) is 3.91. The highest BCUT2D eigenvalue weighted by atomic mass is 79.9. The molecule has 2 heteroatoms. The molecule has 0 unspecified atom stereocenters. The Labute approximate surface area is 88.5 Å². The minimum atomic E-state index is 0.712. The predicted molar refractivity (Wildman–Crippen MR) is 59.6 cm³/mol. The van der Waals surface area contributed by atoms with Gasteiger partial charge in [0.15, 0.2) is 0 Å². The Hall–Kier alpha value is -0.810. The number of rotatable bonds is 1. The summed E-state index contributed by atoms with van der Waals surface area (Å²) >= 11 is 3.30. The summed E-state index contributed by atoms with van der Waals surface area (Å²) in [6.45, 7) is 6.07. The molecule has 13 heavy (non-hydrogen) atoms. The van der Waals surface area contributed by atoms with Crippen LogP contribution in [0.4, 0.5) is 0 Å². The van der Waals surface area contributed by atoms with Crippen LogP contribution in [0, 0.1) is 11.3 Å². The van der Waals surface area contributed by atoms with Crippen LogP contribution in [-0.4, -0.2) is 0 Å².